The van der Waals surface area contributed by atoms with Gasteiger partial charge >= 0.3 is 5.97 Å². The molecule has 2 aromatic heterocycles. The van der Waals surface area contributed by atoms with E-state index in [4.69, 9.17) is 9.97 Å². The zero-order valence-electron chi connectivity index (χ0n) is 29.9. The Morgan fingerprint density at radius 1 is 0.980 bits per heavy atom. The number of carboxylic acid groups (broad SMARTS) is 1. The number of likely N-dealkylation sites (tertiary alicyclic amines) is 1. The Morgan fingerprint density at radius 2 is 1.68 bits per heavy atom. The van der Waals surface area contributed by atoms with Gasteiger partial charge in [-0.3, -0.25) is 19.3 Å². The molecule has 1 saturated carbocycles. The fourth-order valence-corrected chi connectivity index (χ4v) is 8.45. The highest BCUT2D eigenvalue weighted by atomic mass is 32.1. The van der Waals surface area contributed by atoms with Crippen molar-refractivity contribution in [2.75, 3.05) is 26.2 Å². The van der Waals surface area contributed by atoms with Crippen molar-refractivity contribution >= 4 is 34.7 Å². The molecule has 4 heterocycles. The summed E-state index contributed by atoms with van der Waals surface area (Å²) in [5, 5.41) is 12.3. The normalized spacial score (nSPS) is 20.9. The van der Waals surface area contributed by atoms with Gasteiger partial charge in [0.2, 0.25) is 5.91 Å². The third kappa shape index (κ3) is 8.52. The lowest BCUT2D eigenvalue weighted by atomic mass is 9.82. The van der Waals surface area contributed by atoms with E-state index in [1.165, 1.54) is 60.3 Å². The third-order valence-corrected chi connectivity index (χ3v) is 12.2. The summed E-state index contributed by atoms with van der Waals surface area (Å²) in [4.78, 5) is 53.4. The number of carboxylic acids is 1. The number of hydrogen-bond donors (Lipinski definition) is 2. The van der Waals surface area contributed by atoms with Crippen LogP contribution in [0.15, 0.2) is 54.9 Å². The van der Waals surface area contributed by atoms with Gasteiger partial charge in [0.1, 0.15) is 6.04 Å². The summed E-state index contributed by atoms with van der Waals surface area (Å²) in [6.07, 6.45) is 15.6. The van der Waals surface area contributed by atoms with Crippen molar-refractivity contribution in [3.63, 3.8) is 0 Å². The SMILES string of the molecule is CCCC1CCC(N2CC=C(c3cnc(-c4ccc(C[C@H](NC(=O)c5ccc(C(C)(C)C)s5)C(=O)N5CC(C(=O)O)C5)cc4)nc3)CC2)CC1. The fourth-order valence-electron chi connectivity index (χ4n) is 7.48. The first kappa shape index (κ1) is 35.9. The summed E-state index contributed by atoms with van der Waals surface area (Å²) >= 11 is 1.42. The standard InChI is InChI=1S/C40H51N5O4S/c1-5-6-26-9-13-32(14-10-26)44-19-17-28(18-20-44)30-22-41-36(42-23-30)29-11-7-27(8-12-29)21-33(38(47)45-24-31(25-45)39(48)49)43-37(46)34-15-16-35(50-34)40(2,3)4/h7-8,11-12,15-17,22-23,26,31-33H,5-6,9-10,13-14,18-21,24-25H2,1-4H3,(H,43,46)(H,48,49)/t26?,32?,33-/m0/s1. The second-order valence-electron chi connectivity index (χ2n) is 15.4. The summed E-state index contributed by atoms with van der Waals surface area (Å²) in [7, 11) is 0. The van der Waals surface area contributed by atoms with E-state index in [9.17, 15) is 19.5 Å². The van der Waals surface area contributed by atoms with Gasteiger partial charge in [-0.15, -0.1) is 11.3 Å². The molecule has 1 saturated heterocycles. The number of carbonyl (C=O) groups is 3. The van der Waals surface area contributed by atoms with Gasteiger partial charge in [-0.05, 0) is 66.7 Å². The van der Waals surface area contributed by atoms with Crippen molar-refractivity contribution in [3.05, 3.63) is 75.7 Å². The number of hydrogen-bond acceptors (Lipinski definition) is 7. The molecule has 6 rings (SSSR count). The lowest BCUT2D eigenvalue weighted by Crippen LogP contribution is -2.59. The van der Waals surface area contributed by atoms with E-state index < -0.39 is 17.9 Å². The molecule has 2 aliphatic heterocycles. The van der Waals surface area contributed by atoms with E-state index in [1.807, 2.05) is 42.7 Å². The quantitative estimate of drug-likeness (QED) is 0.226. The number of nitrogens with one attached hydrogen (secondary N) is 1. The van der Waals surface area contributed by atoms with Gasteiger partial charge in [-0.25, -0.2) is 9.97 Å². The Labute approximate surface area is 300 Å². The van der Waals surface area contributed by atoms with Crippen molar-refractivity contribution in [3.8, 4) is 11.4 Å². The van der Waals surface area contributed by atoms with Gasteiger partial charge in [-0.2, -0.15) is 0 Å². The van der Waals surface area contributed by atoms with E-state index in [0.717, 1.165) is 53.0 Å². The number of thiophene rings is 1. The molecule has 266 valence electrons. The van der Waals surface area contributed by atoms with Crippen LogP contribution >= 0.6 is 11.3 Å². The van der Waals surface area contributed by atoms with Crippen LogP contribution in [0.1, 0.15) is 98.3 Å². The Balaban J connectivity index is 1.08. The lowest BCUT2D eigenvalue weighted by Gasteiger charge is -2.38. The number of benzene rings is 1. The van der Waals surface area contributed by atoms with Gasteiger partial charge in [-0.1, -0.05) is 70.9 Å². The molecule has 50 heavy (non-hydrogen) atoms. The summed E-state index contributed by atoms with van der Waals surface area (Å²) in [5.74, 6) is -0.499. The molecule has 2 amide bonds. The van der Waals surface area contributed by atoms with E-state index in [0.29, 0.717) is 10.7 Å². The highest BCUT2D eigenvalue weighted by molar-refractivity contribution is 7.14. The van der Waals surface area contributed by atoms with E-state index in [-0.39, 0.29) is 36.7 Å². The smallest absolute Gasteiger partial charge is 0.310 e. The van der Waals surface area contributed by atoms with Crippen LogP contribution in [0.3, 0.4) is 0 Å². The molecule has 3 aromatic rings. The molecular weight excluding hydrogens is 647 g/mol. The summed E-state index contributed by atoms with van der Waals surface area (Å²) in [5.41, 5.74) is 4.04. The van der Waals surface area contributed by atoms with Crippen LogP contribution < -0.4 is 5.32 Å². The summed E-state index contributed by atoms with van der Waals surface area (Å²) in [6.45, 7) is 11.0. The van der Waals surface area contributed by atoms with Crippen LogP contribution in [-0.2, 0) is 21.4 Å². The lowest BCUT2D eigenvalue weighted by molar-refractivity contribution is -0.153. The monoisotopic (exact) mass is 697 g/mol. The van der Waals surface area contributed by atoms with Crippen LogP contribution in [0.2, 0.25) is 0 Å². The van der Waals surface area contributed by atoms with Crippen LogP contribution in [0.25, 0.3) is 17.0 Å². The van der Waals surface area contributed by atoms with E-state index in [1.54, 1.807) is 6.07 Å². The minimum Gasteiger partial charge on any atom is -0.481 e. The van der Waals surface area contributed by atoms with Gasteiger partial charge in [0.25, 0.3) is 5.91 Å². The van der Waals surface area contributed by atoms with Crippen LogP contribution in [0.4, 0.5) is 0 Å². The highest BCUT2D eigenvalue weighted by Gasteiger charge is 2.39. The maximum atomic E-state index is 13.5. The molecule has 1 atom stereocenters. The van der Waals surface area contributed by atoms with E-state index in [2.05, 4.69) is 44.0 Å². The molecule has 10 heteroatoms. The Bertz CT molecular complexity index is 1680. The maximum absolute atomic E-state index is 13.5. The third-order valence-electron chi connectivity index (χ3n) is 10.7. The van der Waals surface area contributed by atoms with Crippen molar-refractivity contribution in [2.45, 2.75) is 96.6 Å². The number of rotatable bonds is 11. The molecule has 1 aliphatic carbocycles. The first-order chi connectivity index (χ1) is 24.0. The van der Waals surface area contributed by atoms with Gasteiger partial charge in [0, 0.05) is 67.0 Å². The minimum atomic E-state index is -0.911. The largest absolute Gasteiger partial charge is 0.481 e. The zero-order chi connectivity index (χ0) is 35.4. The molecule has 0 spiro atoms. The Hall–Kier alpha value is -3.89. The number of aromatic nitrogens is 2. The highest BCUT2D eigenvalue weighted by Crippen LogP contribution is 2.33. The molecular formula is C40H51N5O4S. The number of carbonyl (C=O) groups excluding carboxylic acids is 2. The zero-order valence-corrected chi connectivity index (χ0v) is 30.7. The second kappa shape index (κ2) is 15.6. The molecule has 3 aliphatic rings. The topological polar surface area (TPSA) is 116 Å². The fraction of sp³-hybridized carbons (Fsp3) is 0.525. The summed E-state index contributed by atoms with van der Waals surface area (Å²) < 4.78 is 0. The number of aliphatic carboxylic acids is 1. The average Bonchev–Trinajstić information content (AvgIpc) is 3.60. The van der Waals surface area contributed by atoms with Crippen LogP contribution in [-0.4, -0.2) is 80.9 Å². The van der Waals surface area contributed by atoms with Crippen molar-refractivity contribution in [1.29, 1.82) is 0 Å². The molecule has 2 fully saturated rings. The second-order valence-corrected chi connectivity index (χ2v) is 16.4. The minimum absolute atomic E-state index is 0.0879. The van der Waals surface area contributed by atoms with Crippen LogP contribution in [0, 0.1) is 11.8 Å². The molecule has 9 nitrogen and oxygen atoms in total. The maximum Gasteiger partial charge on any atom is 0.310 e. The Kier molecular flexibility index (Phi) is 11.2. The van der Waals surface area contributed by atoms with E-state index >= 15 is 0 Å². The van der Waals surface area contributed by atoms with Crippen molar-refractivity contribution < 1.29 is 19.5 Å². The molecule has 0 unspecified atom stereocenters. The van der Waals surface area contributed by atoms with Crippen LogP contribution in [0.5, 0.6) is 0 Å². The van der Waals surface area contributed by atoms with Gasteiger partial charge in [0.05, 0.1) is 10.8 Å². The van der Waals surface area contributed by atoms with Gasteiger partial charge < -0.3 is 15.3 Å². The molecule has 2 N–H and O–H groups in total. The summed E-state index contributed by atoms with van der Waals surface area (Å²) in [6, 6.07) is 11.4. The molecule has 0 radical (unpaired) electrons. The molecule has 1 aromatic carbocycles. The Morgan fingerprint density at radius 3 is 2.26 bits per heavy atom. The predicted molar refractivity (Wildman–Crippen MR) is 198 cm³/mol. The van der Waals surface area contributed by atoms with Crippen molar-refractivity contribution in [1.82, 2.24) is 25.1 Å². The van der Waals surface area contributed by atoms with Crippen molar-refractivity contribution in [2.24, 2.45) is 11.8 Å². The number of amides is 2. The first-order valence-corrected chi connectivity index (χ1v) is 19.1. The first-order valence-electron chi connectivity index (χ1n) is 18.3. The molecule has 0 bridgehead atoms. The number of nitrogens with zero attached hydrogens (tertiary/aromatic N) is 4. The van der Waals surface area contributed by atoms with Gasteiger partial charge in [0.15, 0.2) is 5.82 Å². The predicted octanol–water partition coefficient (Wildman–Crippen LogP) is 6.83. The average molecular weight is 698 g/mol.